The summed E-state index contributed by atoms with van der Waals surface area (Å²) in [6.45, 7) is 3.97. The van der Waals surface area contributed by atoms with Gasteiger partial charge in [-0.2, -0.15) is 0 Å². The van der Waals surface area contributed by atoms with Gasteiger partial charge in [0.1, 0.15) is 11.5 Å². The van der Waals surface area contributed by atoms with Crippen molar-refractivity contribution in [2.75, 3.05) is 12.4 Å². The van der Waals surface area contributed by atoms with Crippen LogP contribution in [0.15, 0.2) is 12.4 Å². The molecule has 0 aliphatic carbocycles. The summed E-state index contributed by atoms with van der Waals surface area (Å²) in [5.74, 6) is 0.403. The molecule has 0 aliphatic heterocycles. The molecule has 1 heterocycles. The molecule has 0 aromatic carbocycles. The molecule has 1 aromatic heterocycles. The van der Waals surface area contributed by atoms with Crippen LogP contribution in [0, 0.1) is 0 Å². The maximum Gasteiger partial charge on any atom is 0.271 e. The Morgan fingerprint density at radius 1 is 1.53 bits per heavy atom. The highest BCUT2D eigenvalue weighted by molar-refractivity contribution is 5.92. The van der Waals surface area contributed by atoms with Gasteiger partial charge in [0.25, 0.3) is 5.91 Å². The van der Waals surface area contributed by atoms with E-state index in [4.69, 9.17) is 0 Å². The predicted octanol–water partition coefficient (Wildman–Crippen LogP) is 1.05. The summed E-state index contributed by atoms with van der Waals surface area (Å²) in [7, 11) is 1.74. The average molecular weight is 208 g/mol. The van der Waals surface area contributed by atoms with Crippen LogP contribution in [-0.2, 0) is 0 Å². The minimum Gasteiger partial charge on any atom is -0.372 e. The van der Waals surface area contributed by atoms with Crippen molar-refractivity contribution in [2.45, 2.75) is 26.3 Å². The standard InChI is InChI=1S/C10H16N4O/c1-4-7(2)13-10(15)8-5-12-6-9(11-3)14-8/h5-7H,4H2,1-3H3,(H,11,14)(H,13,15). The zero-order valence-electron chi connectivity index (χ0n) is 9.24. The fourth-order valence-electron chi connectivity index (χ4n) is 0.996. The molecular formula is C10H16N4O. The molecule has 15 heavy (non-hydrogen) atoms. The highest BCUT2D eigenvalue weighted by Gasteiger charge is 2.10. The molecule has 0 aliphatic rings. The first kappa shape index (κ1) is 11.4. The number of amides is 1. The number of anilines is 1. The maximum absolute atomic E-state index is 11.6. The molecule has 0 radical (unpaired) electrons. The minimum absolute atomic E-state index is 0.151. The van der Waals surface area contributed by atoms with Crippen LogP contribution in [0.4, 0.5) is 5.82 Å². The van der Waals surface area contributed by atoms with E-state index in [0.717, 1.165) is 6.42 Å². The Bertz CT molecular complexity index is 340. The van der Waals surface area contributed by atoms with Crippen LogP contribution in [0.5, 0.6) is 0 Å². The van der Waals surface area contributed by atoms with Gasteiger partial charge in [-0.1, -0.05) is 6.92 Å². The van der Waals surface area contributed by atoms with Crippen molar-refractivity contribution < 1.29 is 4.79 Å². The van der Waals surface area contributed by atoms with Gasteiger partial charge in [0.05, 0.1) is 12.4 Å². The second-order valence-electron chi connectivity index (χ2n) is 3.32. The van der Waals surface area contributed by atoms with E-state index >= 15 is 0 Å². The van der Waals surface area contributed by atoms with E-state index in [0.29, 0.717) is 11.5 Å². The Morgan fingerprint density at radius 2 is 2.27 bits per heavy atom. The lowest BCUT2D eigenvalue weighted by Gasteiger charge is -2.10. The molecule has 0 saturated heterocycles. The van der Waals surface area contributed by atoms with Gasteiger partial charge in [-0.15, -0.1) is 0 Å². The molecule has 5 heteroatoms. The SMILES string of the molecule is CCC(C)NC(=O)c1cncc(NC)n1. The van der Waals surface area contributed by atoms with E-state index in [1.54, 1.807) is 13.2 Å². The Kier molecular flexibility index (Phi) is 4.03. The second-order valence-corrected chi connectivity index (χ2v) is 3.32. The molecule has 1 atom stereocenters. The summed E-state index contributed by atoms with van der Waals surface area (Å²) in [5.41, 5.74) is 0.335. The zero-order valence-corrected chi connectivity index (χ0v) is 9.24. The van der Waals surface area contributed by atoms with Crippen LogP contribution >= 0.6 is 0 Å². The summed E-state index contributed by atoms with van der Waals surface area (Å²) in [6.07, 6.45) is 3.92. The molecule has 5 nitrogen and oxygen atoms in total. The third-order valence-corrected chi connectivity index (χ3v) is 2.11. The van der Waals surface area contributed by atoms with Crippen LogP contribution < -0.4 is 10.6 Å². The summed E-state index contributed by atoms with van der Waals surface area (Å²) < 4.78 is 0. The number of carbonyl (C=O) groups excluding carboxylic acids is 1. The molecule has 0 saturated carbocycles. The van der Waals surface area contributed by atoms with Crippen LogP contribution in [0.2, 0.25) is 0 Å². The van der Waals surface area contributed by atoms with Gasteiger partial charge in [-0.25, -0.2) is 4.98 Å². The smallest absolute Gasteiger partial charge is 0.271 e. The fraction of sp³-hybridized carbons (Fsp3) is 0.500. The highest BCUT2D eigenvalue weighted by atomic mass is 16.1. The van der Waals surface area contributed by atoms with Crippen molar-refractivity contribution in [3.8, 4) is 0 Å². The normalized spacial score (nSPS) is 11.9. The third-order valence-electron chi connectivity index (χ3n) is 2.11. The molecule has 1 amide bonds. The minimum atomic E-state index is -0.186. The van der Waals surface area contributed by atoms with Gasteiger partial charge in [0.2, 0.25) is 0 Å². The molecule has 0 bridgehead atoms. The predicted molar refractivity (Wildman–Crippen MR) is 58.8 cm³/mol. The Balaban J connectivity index is 2.73. The van der Waals surface area contributed by atoms with Crippen molar-refractivity contribution in [1.29, 1.82) is 0 Å². The molecular weight excluding hydrogens is 192 g/mol. The molecule has 0 spiro atoms. The van der Waals surface area contributed by atoms with E-state index in [2.05, 4.69) is 20.6 Å². The van der Waals surface area contributed by atoms with Gasteiger partial charge in [-0.05, 0) is 13.3 Å². The van der Waals surface area contributed by atoms with Gasteiger partial charge in [-0.3, -0.25) is 9.78 Å². The Morgan fingerprint density at radius 3 is 2.87 bits per heavy atom. The Hall–Kier alpha value is -1.65. The van der Waals surface area contributed by atoms with Crippen LogP contribution in [0.3, 0.4) is 0 Å². The van der Waals surface area contributed by atoms with Gasteiger partial charge in [0, 0.05) is 13.1 Å². The number of hydrogen-bond acceptors (Lipinski definition) is 4. The highest BCUT2D eigenvalue weighted by Crippen LogP contribution is 2.01. The monoisotopic (exact) mass is 208 g/mol. The molecule has 2 N–H and O–H groups in total. The molecule has 82 valence electrons. The molecule has 1 unspecified atom stereocenters. The molecule has 0 fully saturated rings. The second kappa shape index (κ2) is 5.29. The lowest BCUT2D eigenvalue weighted by molar-refractivity contribution is 0.0934. The van der Waals surface area contributed by atoms with Crippen molar-refractivity contribution in [3.05, 3.63) is 18.1 Å². The lowest BCUT2D eigenvalue weighted by atomic mass is 10.2. The Labute approximate surface area is 89.3 Å². The number of rotatable bonds is 4. The molecule has 1 rings (SSSR count). The number of nitrogens with zero attached hydrogens (tertiary/aromatic N) is 2. The lowest BCUT2D eigenvalue weighted by Crippen LogP contribution is -2.32. The first-order valence-corrected chi connectivity index (χ1v) is 4.98. The summed E-state index contributed by atoms with van der Waals surface area (Å²) in [4.78, 5) is 19.7. The van der Waals surface area contributed by atoms with Crippen molar-refractivity contribution in [3.63, 3.8) is 0 Å². The maximum atomic E-state index is 11.6. The van der Waals surface area contributed by atoms with E-state index in [-0.39, 0.29) is 11.9 Å². The quantitative estimate of drug-likeness (QED) is 0.776. The summed E-state index contributed by atoms with van der Waals surface area (Å²) in [5, 5.41) is 5.66. The fourth-order valence-corrected chi connectivity index (χ4v) is 0.996. The summed E-state index contributed by atoms with van der Waals surface area (Å²) >= 11 is 0. The van der Waals surface area contributed by atoms with E-state index in [9.17, 15) is 4.79 Å². The number of carbonyl (C=O) groups is 1. The van der Waals surface area contributed by atoms with Crippen molar-refractivity contribution >= 4 is 11.7 Å². The largest absolute Gasteiger partial charge is 0.372 e. The molecule has 1 aromatic rings. The third kappa shape index (κ3) is 3.19. The number of hydrogen-bond donors (Lipinski definition) is 2. The van der Waals surface area contributed by atoms with Crippen molar-refractivity contribution in [1.82, 2.24) is 15.3 Å². The van der Waals surface area contributed by atoms with E-state index in [1.165, 1.54) is 6.20 Å². The van der Waals surface area contributed by atoms with Gasteiger partial charge < -0.3 is 10.6 Å². The first-order chi connectivity index (χ1) is 7.17. The number of nitrogens with one attached hydrogen (secondary N) is 2. The van der Waals surface area contributed by atoms with E-state index < -0.39 is 0 Å². The topological polar surface area (TPSA) is 66.9 Å². The van der Waals surface area contributed by atoms with E-state index in [1.807, 2.05) is 13.8 Å². The van der Waals surface area contributed by atoms with Gasteiger partial charge >= 0.3 is 0 Å². The van der Waals surface area contributed by atoms with Crippen molar-refractivity contribution in [2.24, 2.45) is 0 Å². The van der Waals surface area contributed by atoms with Crippen LogP contribution in [-0.4, -0.2) is 29.0 Å². The average Bonchev–Trinajstić information content (AvgIpc) is 2.28. The number of aromatic nitrogens is 2. The van der Waals surface area contributed by atoms with Gasteiger partial charge in [0.15, 0.2) is 0 Å². The van der Waals surface area contributed by atoms with Crippen LogP contribution in [0.1, 0.15) is 30.8 Å². The summed E-state index contributed by atoms with van der Waals surface area (Å²) in [6, 6.07) is 0.151. The van der Waals surface area contributed by atoms with Crippen LogP contribution in [0.25, 0.3) is 0 Å². The first-order valence-electron chi connectivity index (χ1n) is 4.98. The zero-order chi connectivity index (χ0) is 11.3.